The van der Waals surface area contributed by atoms with E-state index in [1.165, 1.54) is 4.88 Å². The van der Waals surface area contributed by atoms with Crippen LogP contribution in [-0.2, 0) is 11.2 Å². The van der Waals surface area contributed by atoms with Crippen LogP contribution in [0.3, 0.4) is 0 Å². The van der Waals surface area contributed by atoms with Gasteiger partial charge >= 0.3 is 6.03 Å². The molecule has 0 saturated carbocycles. The highest BCUT2D eigenvalue weighted by Gasteiger charge is 2.35. The Kier molecular flexibility index (Phi) is 8.47. The lowest BCUT2D eigenvalue weighted by atomic mass is 10.00. The highest BCUT2D eigenvalue weighted by Crippen LogP contribution is 2.35. The van der Waals surface area contributed by atoms with Gasteiger partial charge in [-0.1, -0.05) is 19.1 Å². The van der Waals surface area contributed by atoms with Crippen LogP contribution in [0.4, 0.5) is 4.79 Å². The van der Waals surface area contributed by atoms with Gasteiger partial charge in [0.2, 0.25) is 5.91 Å². The zero-order valence-corrected chi connectivity index (χ0v) is 21.9. The first kappa shape index (κ1) is 25.9. The monoisotopic (exact) mass is 487 g/mol. The Labute approximate surface area is 207 Å². The smallest absolute Gasteiger partial charge is 0.318 e. The summed E-state index contributed by atoms with van der Waals surface area (Å²) in [4.78, 5) is 31.4. The maximum Gasteiger partial charge on any atom is 0.318 e. The predicted octanol–water partition coefficient (Wildman–Crippen LogP) is 4.87. The molecule has 2 aromatic rings. The van der Waals surface area contributed by atoms with Gasteiger partial charge in [-0.15, -0.1) is 11.3 Å². The Hall–Kier alpha value is -2.74. The number of benzene rings is 1. The molecule has 3 amide bonds. The van der Waals surface area contributed by atoms with E-state index in [1.807, 2.05) is 63.8 Å². The van der Waals surface area contributed by atoms with Crippen LogP contribution in [0.2, 0.25) is 0 Å². The van der Waals surface area contributed by atoms with Crippen LogP contribution < -0.4 is 14.8 Å². The minimum absolute atomic E-state index is 0.0293. The van der Waals surface area contributed by atoms with E-state index in [9.17, 15) is 9.59 Å². The van der Waals surface area contributed by atoms with Crippen molar-refractivity contribution in [3.8, 4) is 11.5 Å². The molecule has 7 nitrogen and oxygen atoms in total. The molecule has 1 aliphatic rings. The second kappa shape index (κ2) is 11.1. The van der Waals surface area contributed by atoms with Gasteiger partial charge in [-0.3, -0.25) is 4.79 Å². The van der Waals surface area contributed by atoms with Crippen molar-refractivity contribution >= 4 is 23.3 Å². The van der Waals surface area contributed by atoms with Crippen molar-refractivity contribution in [3.05, 3.63) is 46.2 Å². The van der Waals surface area contributed by atoms with Crippen LogP contribution in [0.1, 0.15) is 57.5 Å². The molecule has 2 atom stereocenters. The minimum Gasteiger partial charge on any atom is -0.493 e. The molecule has 0 aliphatic carbocycles. The number of carbonyl (C=O) groups excluding carboxylic acids is 2. The van der Waals surface area contributed by atoms with Crippen LogP contribution in [-0.4, -0.2) is 60.1 Å². The van der Waals surface area contributed by atoms with Gasteiger partial charge in [-0.2, -0.15) is 0 Å². The van der Waals surface area contributed by atoms with Crippen LogP contribution in [0.5, 0.6) is 11.5 Å². The summed E-state index contributed by atoms with van der Waals surface area (Å²) in [6.45, 7) is 10.8. The summed E-state index contributed by atoms with van der Waals surface area (Å²) in [5.74, 6) is 1.23. The Morgan fingerprint density at radius 2 is 1.94 bits per heavy atom. The van der Waals surface area contributed by atoms with E-state index >= 15 is 0 Å². The average molecular weight is 488 g/mol. The molecule has 1 aromatic carbocycles. The van der Waals surface area contributed by atoms with Gasteiger partial charge in [0.05, 0.1) is 13.2 Å². The summed E-state index contributed by atoms with van der Waals surface area (Å²) >= 11 is 1.71. The molecular weight excluding hydrogens is 450 g/mol. The number of thiophene rings is 1. The van der Waals surface area contributed by atoms with Gasteiger partial charge in [0.15, 0.2) is 11.5 Å². The number of amides is 3. The molecule has 0 radical (unpaired) electrons. The molecule has 3 rings (SSSR count). The summed E-state index contributed by atoms with van der Waals surface area (Å²) in [5.41, 5.74) is 0.738. The minimum atomic E-state index is -0.381. The SMILES string of the molecule is CCC(C)N(CC(=O)N1CCc2sccc2C1COc1ccccc1OC)C(=O)NC(C)(C)C. The number of hydrogen-bond acceptors (Lipinski definition) is 5. The quantitative estimate of drug-likeness (QED) is 0.577. The Morgan fingerprint density at radius 1 is 1.24 bits per heavy atom. The van der Waals surface area contributed by atoms with Gasteiger partial charge < -0.3 is 24.6 Å². The lowest BCUT2D eigenvalue weighted by Gasteiger charge is -2.38. The molecule has 1 aromatic heterocycles. The third-order valence-electron chi connectivity index (χ3n) is 6.05. The van der Waals surface area contributed by atoms with Gasteiger partial charge in [0, 0.05) is 23.0 Å². The number of nitrogens with zero attached hydrogens (tertiary/aromatic N) is 2. The maximum atomic E-state index is 13.6. The zero-order valence-electron chi connectivity index (χ0n) is 21.1. The van der Waals surface area contributed by atoms with Crippen LogP contribution in [0, 0.1) is 0 Å². The zero-order chi connectivity index (χ0) is 24.9. The van der Waals surface area contributed by atoms with Crippen LogP contribution >= 0.6 is 11.3 Å². The molecule has 0 saturated heterocycles. The highest BCUT2D eigenvalue weighted by atomic mass is 32.1. The molecule has 34 heavy (non-hydrogen) atoms. The van der Waals surface area contributed by atoms with Gasteiger partial charge in [0.1, 0.15) is 13.2 Å². The van der Waals surface area contributed by atoms with E-state index in [2.05, 4.69) is 16.8 Å². The number of rotatable bonds is 8. The fourth-order valence-electron chi connectivity index (χ4n) is 4.06. The number of hydrogen-bond donors (Lipinski definition) is 1. The first-order valence-corrected chi connectivity index (χ1v) is 12.7. The highest BCUT2D eigenvalue weighted by molar-refractivity contribution is 7.10. The number of ether oxygens (including phenoxy) is 2. The number of fused-ring (bicyclic) bond motifs is 1. The van der Waals surface area contributed by atoms with E-state index in [0.29, 0.717) is 24.7 Å². The maximum absolute atomic E-state index is 13.6. The molecule has 2 heterocycles. The van der Waals surface area contributed by atoms with Crippen molar-refractivity contribution in [2.45, 2.75) is 65.1 Å². The van der Waals surface area contributed by atoms with Crippen LogP contribution in [0.15, 0.2) is 35.7 Å². The van der Waals surface area contributed by atoms with E-state index < -0.39 is 0 Å². The van der Waals surface area contributed by atoms with Gasteiger partial charge in [-0.05, 0) is 69.7 Å². The molecule has 1 aliphatic heterocycles. The average Bonchev–Trinajstić information content (AvgIpc) is 3.28. The summed E-state index contributed by atoms with van der Waals surface area (Å²) in [7, 11) is 1.61. The van der Waals surface area contributed by atoms with E-state index in [0.717, 1.165) is 18.4 Å². The fraction of sp³-hybridized carbons (Fsp3) is 0.538. The molecule has 0 fully saturated rings. The standard InChI is InChI=1S/C26H37N3O4S/c1-7-18(2)29(25(31)27-26(3,4)5)16-24(30)28-14-12-23-19(13-15-34-23)20(28)17-33-22-11-9-8-10-21(22)32-6/h8-11,13,15,18,20H,7,12,14,16-17H2,1-6H3,(H,27,31). The fourth-order valence-corrected chi connectivity index (χ4v) is 4.99. The summed E-state index contributed by atoms with van der Waals surface area (Å²) in [5, 5.41) is 5.07. The van der Waals surface area contributed by atoms with Crippen molar-refractivity contribution in [2.75, 3.05) is 26.8 Å². The topological polar surface area (TPSA) is 71.1 Å². The third-order valence-corrected chi connectivity index (χ3v) is 7.05. The number of nitrogens with one attached hydrogen (secondary N) is 1. The van der Waals surface area contributed by atoms with E-state index in [4.69, 9.17) is 9.47 Å². The molecule has 2 unspecified atom stereocenters. The number of urea groups is 1. The third kappa shape index (κ3) is 6.23. The van der Waals surface area contributed by atoms with Crippen molar-refractivity contribution < 1.29 is 19.1 Å². The Balaban J connectivity index is 1.80. The Morgan fingerprint density at radius 3 is 2.59 bits per heavy atom. The number of carbonyl (C=O) groups is 2. The Bertz CT molecular complexity index is 984. The predicted molar refractivity (Wildman–Crippen MR) is 136 cm³/mol. The second-order valence-electron chi connectivity index (χ2n) is 9.68. The van der Waals surface area contributed by atoms with Crippen LogP contribution in [0.25, 0.3) is 0 Å². The lowest BCUT2D eigenvalue weighted by Crippen LogP contribution is -2.55. The van der Waals surface area contributed by atoms with Crippen molar-refractivity contribution in [2.24, 2.45) is 0 Å². The summed E-state index contributed by atoms with van der Waals surface area (Å²) in [6.07, 6.45) is 1.57. The first-order valence-electron chi connectivity index (χ1n) is 11.8. The number of para-hydroxylation sites is 2. The van der Waals surface area contributed by atoms with Crippen molar-refractivity contribution in [3.63, 3.8) is 0 Å². The largest absolute Gasteiger partial charge is 0.493 e. The summed E-state index contributed by atoms with van der Waals surface area (Å²) < 4.78 is 11.6. The van der Waals surface area contributed by atoms with E-state index in [-0.39, 0.29) is 36.1 Å². The molecule has 0 spiro atoms. The molecule has 0 bridgehead atoms. The normalized spacial score (nSPS) is 16.4. The van der Waals surface area contributed by atoms with Crippen molar-refractivity contribution in [1.82, 2.24) is 15.1 Å². The van der Waals surface area contributed by atoms with Gasteiger partial charge in [-0.25, -0.2) is 4.79 Å². The first-order chi connectivity index (χ1) is 16.1. The lowest BCUT2D eigenvalue weighted by molar-refractivity contribution is -0.136. The summed E-state index contributed by atoms with van der Waals surface area (Å²) in [6, 6.07) is 9.09. The molecular formula is C26H37N3O4S. The van der Waals surface area contributed by atoms with Gasteiger partial charge in [0.25, 0.3) is 0 Å². The second-order valence-corrected chi connectivity index (χ2v) is 10.7. The van der Waals surface area contributed by atoms with Crippen molar-refractivity contribution in [1.29, 1.82) is 0 Å². The molecule has 8 heteroatoms. The molecule has 186 valence electrons. The molecule has 1 N–H and O–H groups in total. The number of methoxy groups -OCH3 is 1. The van der Waals surface area contributed by atoms with E-state index in [1.54, 1.807) is 23.3 Å².